The number of hydrogen-bond donors (Lipinski definition) is 1. The largest absolute Gasteiger partial charge is 0.355 e. The number of carbonyl (C=O) groups excluding carboxylic acids is 1. The van der Waals surface area contributed by atoms with Gasteiger partial charge in [0.15, 0.2) is 5.84 Å². The third kappa shape index (κ3) is 3.40. The number of hydrogen-bond acceptors (Lipinski definition) is 4. The summed E-state index contributed by atoms with van der Waals surface area (Å²) in [5.41, 5.74) is 1.81. The minimum atomic E-state index is -3.70. The molecule has 0 radical (unpaired) electrons. The average molecular weight is 401 g/mol. The van der Waals surface area contributed by atoms with Crippen LogP contribution >= 0.6 is 0 Å². The summed E-state index contributed by atoms with van der Waals surface area (Å²) in [6.07, 6.45) is 1.42. The molecule has 2 aromatic carbocycles. The van der Waals surface area contributed by atoms with E-state index >= 15 is 0 Å². The van der Waals surface area contributed by atoms with Gasteiger partial charge in [0.1, 0.15) is 10.7 Å². The van der Waals surface area contributed by atoms with E-state index in [0.717, 1.165) is 12.0 Å². The molecule has 1 amide bonds. The number of carbonyl (C=O) groups is 1. The highest BCUT2D eigenvalue weighted by Gasteiger charge is 2.35. The Morgan fingerprint density at radius 1 is 1.25 bits per heavy atom. The van der Waals surface area contributed by atoms with Gasteiger partial charge in [-0.25, -0.2) is 4.39 Å². The average Bonchev–Trinajstić information content (AvgIpc) is 2.96. The fourth-order valence-electron chi connectivity index (χ4n) is 3.66. The Labute approximate surface area is 163 Å². The van der Waals surface area contributed by atoms with Crippen LogP contribution in [0.25, 0.3) is 0 Å². The van der Waals surface area contributed by atoms with Gasteiger partial charge in [-0.05, 0) is 49.6 Å². The smallest absolute Gasteiger partial charge is 0.285 e. The van der Waals surface area contributed by atoms with E-state index in [9.17, 15) is 17.6 Å². The molecule has 2 aliphatic rings. The van der Waals surface area contributed by atoms with Crippen molar-refractivity contribution in [2.75, 3.05) is 18.4 Å². The summed E-state index contributed by atoms with van der Waals surface area (Å²) in [6.45, 7) is 2.80. The maximum atomic E-state index is 13.5. The van der Waals surface area contributed by atoms with Gasteiger partial charge in [-0.1, -0.05) is 18.2 Å². The topological polar surface area (TPSA) is 78.8 Å². The van der Waals surface area contributed by atoms with Crippen LogP contribution in [-0.4, -0.2) is 38.2 Å². The van der Waals surface area contributed by atoms with E-state index in [1.54, 1.807) is 37.3 Å². The van der Waals surface area contributed by atoms with Crippen molar-refractivity contribution in [3.05, 3.63) is 59.4 Å². The van der Waals surface area contributed by atoms with Gasteiger partial charge in [0.25, 0.3) is 10.0 Å². The van der Waals surface area contributed by atoms with Gasteiger partial charge in [-0.3, -0.25) is 4.79 Å². The van der Waals surface area contributed by atoms with E-state index in [1.165, 1.54) is 12.1 Å². The Balaban J connectivity index is 1.54. The molecular weight excluding hydrogens is 381 g/mol. The number of nitrogens with zero attached hydrogens (tertiary/aromatic N) is 2. The maximum absolute atomic E-state index is 13.5. The lowest BCUT2D eigenvalue weighted by Gasteiger charge is -2.33. The number of sulfonamides is 1. The molecular formula is C20H20FN3O3S. The van der Waals surface area contributed by atoms with Gasteiger partial charge >= 0.3 is 0 Å². The molecule has 1 saturated heterocycles. The van der Waals surface area contributed by atoms with Crippen molar-refractivity contribution in [2.45, 2.75) is 24.7 Å². The lowest BCUT2D eigenvalue weighted by molar-refractivity contribution is -0.121. The molecule has 146 valence electrons. The predicted molar refractivity (Wildman–Crippen MR) is 104 cm³/mol. The second-order valence-electron chi connectivity index (χ2n) is 7.12. The van der Waals surface area contributed by atoms with Gasteiger partial charge in [0.05, 0.1) is 5.92 Å². The molecule has 0 unspecified atom stereocenters. The van der Waals surface area contributed by atoms with Crippen LogP contribution in [-0.2, 0) is 14.8 Å². The second-order valence-corrected chi connectivity index (χ2v) is 8.69. The second kappa shape index (κ2) is 7.01. The first-order valence-corrected chi connectivity index (χ1v) is 10.6. The zero-order valence-corrected chi connectivity index (χ0v) is 16.2. The first kappa shape index (κ1) is 18.6. The van der Waals surface area contributed by atoms with Gasteiger partial charge in [0.2, 0.25) is 5.91 Å². The SMILES string of the molecule is Cc1ccc(F)cc1NC(=O)[C@@H]1CCCN(C2=NS(=O)(=O)c3ccccc32)C1. The molecule has 0 saturated carbocycles. The van der Waals surface area contributed by atoms with E-state index in [-0.39, 0.29) is 16.7 Å². The lowest BCUT2D eigenvalue weighted by atomic mass is 9.96. The molecule has 4 rings (SSSR count). The Morgan fingerprint density at radius 2 is 2.04 bits per heavy atom. The molecule has 2 aliphatic heterocycles. The van der Waals surface area contributed by atoms with Crippen molar-refractivity contribution in [3.63, 3.8) is 0 Å². The van der Waals surface area contributed by atoms with Crippen molar-refractivity contribution in [1.29, 1.82) is 0 Å². The number of benzene rings is 2. The minimum Gasteiger partial charge on any atom is -0.355 e. The molecule has 1 N–H and O–H groups in total. The van der Waals surface area contributed by atoms with Crippen LogP contribution in [0.5, 0.6) is 0 Å². The monoisotopic (exact) mass is 401 g/mol. The Morgan fingerprint density at radius 3 is 2.86 bits per heavy atom. The zero-order valence-electron chi connectivity index (χ0n) is 15.4. The van der Waals surface area contributed by atoms with Crippen molar-refractivity contribution in [2.24, 2.45) is 10.3 Å². The number of halogens is 1. The normalized spacial score (nSPS) is 20.4. The number of piperidine rings is 1. The molecule has 28 heavy (non-hydrogen) atoms. The number of nitrogens with one attached hydrogen (secondary N) is 1. The third-order valence-corrected chi connectivity index (χ3v) is 6.49. The van der Waals surface area contributed by atoms with Crippen molar-refractivity contribution in [3.8, 4) is 0 Å². The molecule has 0 aromatic heterocycles. The Bertz CT molecular complexity index is 1080. The molecule has 1 atom stereocenters. The number of anilines is 1. The number of amidine groups is 1. The molecule has 8 heteroatoms. The number of fused-ring (bicyclic) bond motifs is 1. The summed E-state index contributed by atoms with van der Waals surface area (Å²) < 4.78 is 42.0. The van der Waals surface area contributed by atoms with Crippen LogP contribution in [0.15, 0.2) is 51.8 Å². The predicted octanol–water partition coefficient (Wildman–Crippen LogP) is 2.93. The van der Waals surface area contributed by atoms with Crippen molar-refractivity contribution in [1.82, 2.24) is 4.90 Å². The van der Waals surface area contributed by atoms with Gasteiger partial charge in [-0.2, -0.15) is 8.42 Å². The minimum absolute atomic E-state index is 0.201. The first-order valence-electron chi connectivity index (χ1n) is 9.11. The number of aryl methyl sites for hydroxylation is 1. The highest BCUT2D eigenvalue weighted by Crippen LogP contribution is 2.30. The summed E-state index contributed by atoms with van der Waals surface area (Å²) in [6, 6.07) is 11.0. The lowest BCUT2D eigenvalue weighted by Crippen LogP contribution is -2.43. The maximum Gasteiger partial charge on any atom is 0.285 e. The highest BCUT2D eigenvalue weighted by molar-refractivity contribution is 7.90. The quantitative estimate of drug-likeness (QED) is 0.839. The van der Waals surface area contributed by atoms with E-state index in [0.29, 0.717) is 36.6 Å². The number of amides is 1. The Kier molecular flexibility index (Phi) is 4.66. The molecule has 2 aromatic rings. The van der Waals surface area contributed by atoms with Crippen LogP contribution < -0.4 is 5.32 Å². The third-order valence-electron chi connectivity index (χ3n) is 5.16. The van der Waals surface area contributed by atoms with Crippen LogP contribution in [0.2, 0.25) is 0 Å². The Hall–Kier alpha value is -2.74. The van der Waals surface area contributed by atoms with Crippen molar-refractivity contribution >= 4 is 27.5 Å². The van der Waals surface area contributed by atoms with Crippen LogP contribution in [0.4, 0.5) is 10.1 Å². The summed E-state index contributed by atoms with van der Waals surface area (Å²) in [7, 11) is -3.70. The van der Waals surface area contributed by atoms with E-state index in [1.807, 2.05) is 4.90 Å². The first-order chi connectivity index (χ1) is 13.3. The molecule has 0 bridgehead atoms. The van der Waals surface area contributed by atoms with Gasteiger partial charge < -0.3 is 10.2 Å². The van der Waals surface area contributed by atoms with Crippen LogP contribution in [0.3, 0.4) is 0 Å². The molecule has 0 spiro atoms. The summed E-state index contributed by atoms with van der Waals surface area (Å²) in [5.74, 6) is -0.550. The van der Waals surface area contributed by atoms with Crippen LogP contribution in [0.1, 0.15) is 24.0 Å². The van der Waals surface area contributed by atoms with E-state index < -0.39 is 15.8 Å². The fraction of sp³-hybridized carbons (Fsp3) is 0.300. The molecule has 1 fully saturated rings. The zero-order chi connectivity index (χ0) is 19.9. The van der Waals surface area contributed by atoms with Crippen LogP contribution in [0, 0.1) is 18.7 Å². The molecule has 6 nitrogen and oxygen atoms in total. The van der Waals surface area contributed by atoms with Gasteiger partial charge in [0, 0.05) is 24.3 Å². The molecule has 2 heterocycles. The molecule has 0 aliphatic carbocycles. The highest BCUT2D eigenvalue weighted by atomic mass is 32.2. The van der Waals surface area contributed by atoms with E-state index in [2.05, 4.69) is 9.71 Å². The van der Waals surface area contributed by atoms with Gasteiger partial charge in [-0.15, -0.1) is 4.40 Å². The standard InChI is InChI=1S/C20H20FN3O3S/c1-13-8-9-15(21)11-17(13)22-20(25)14-5-4-10-24(12-14)19-16-6-2-3-7-18(16)28(26,27)23-19/h2-3,6-9,11,14H,4-5,10,12H2,1H3,(H,22,25)/t14-/m1/s1. The fourth-order valence-corrected chi connectivity index (χ4v) is 4.89. The number of likely N-dealkylation sites (tertiary alicyclic amines) is 1. The summed E-state index contributed by atoms with van der Waals surface area (Å²) in [5, 5.41) is 2.80. The summed E-state index contributed by atoms with van der Waals surface area (Å²) >= 11 is 0. The van der Waals surface area contributed by atoms with E-state index in [4.69, 9.17) is 0 Å². The number of rotatable bonds is 2. The van der Waals surface area contributed by atoms with Crippen molar-refractivity contribution < 1.29 is 17.6 Å². The summed E-state index contributed by atoms with van der Waals surface area (Å²) in [4.78, 5) is 14.8.